The predicted octanol–water partition coefficient (Wildman–Crippen LogP) is 0.976. The van der Waals surface area contributed by atoms with Gasteiger partial charge in [-0.05, 0) is 6.92 Å². The van der Waals surface area contributed by atoms with Crippen molar-refractivity contribution in [3.63, 3.8) is 0 Å². The number of carbonyl (C=O) groups is 3. The average molecular weight is 684 g/mol. The van der Waals surface area contributed by atoms with E-state index >= 15 is 0 Å². The van der Waals surface area contributed by atoms with E-state index in [4.69, 9.17) is 14.6 Å². The van der Waals surface area contributed by atoms with Crippen molar-refractivity contribution in [1.29, 1.82) is 0 Å². The summed E-state index contributed by atoms with van der Waals surface area (Å²) < 4.78 is 17.7. The molecule has 3 N–H and O–H groups in total. The number of thiazole rings is 1. The standard InChI is InChI=1S/C23H22N7O8PS4/c1-3-38-26-16(18-25-22(43-28-18)27-39(35,36)37)14(31)8-12-19(32)30-17(21(33)34)15(10-40-20(12)30)42-23-24-13(9-41-23)11-4-6-29(2)7-5-11/h4-7,9,12,20H,3,8,10H2,1-2H3,(H3-,25,27,28,33,34,35,36,37)/b26-16+/t12-,20-/m1/s1. The van der Waals surface area contributed by atoms with Crippen molar-refractivity contribution in [1.82, 2.24) is 19.2 Å². The van der Waals surface area contributed by atoms with Gasteiger partial charge in [-0.15, -0.1) is 23.1 Å². The molecule has 43 heavy (non-hydrogen) atoms. The Morgan fingerprint density at radius 1 is 1.33 bits per heavy atom. The molecular weight excluding hydrogens is 662 g/mol. The predicted molar refractivity (Wildman–Crippen MR) is 157 cm³/mol. The number of oxime groups is 1. The molecule has 0 bridgehead atoms. The van der Waals surface area contributed by atoms with E-state index in [1.165, 1.54) is 23.1 Å². The molecule has 1 amide bonds. The van der Waals surface area contributed by atoms with Crippen LogP contribution in [0.2, 0.25) is 0 Å². The van der Waals surface area contributed by atoms with Crippen LogP contribution < -0.4 is 14.8 Å². The zero-order valence-electron chi connectivity index (χ0n) is 22.3. The van der Waals surface area contributed by atoms with Gasteiger partial charge in [-0.2, -0.15) is 9.36 Å². The van der Waals surface area contributed by atoms with Gasteiger partial charge in [0.05, 0.1) is 28.7 Å². The van der Waals surface area contributed by atoms with Gasteiger partial charge in [-0.25, -0.2) is 14.1 Å². The zero-order chi connectivity index (χ0) is 30.9. The molecule has 3 aromatic rings. The third-order valence-electron chi connectivity index (χ3n) is 6.04. The number of hydrogen-bond donors (Lipinski definition) is 3. The van der Waals surface area contributed by atoms with E-state index in [1.807, 2.05) is 46.6 Å². The number of amides is 1. The average Bonchev–Trinajstić information content (AvgIpc) is 3.60. The normalized spacial score (nSPS) is 18.7. The van der Waals surface area contributed by atoms with Crippen molar-refractivity contribution in [2.45, 2.75) is 23.1 Å². The van der Waals surface area contributed by atoms with Crippen LogP contribution in [0.3, 0.4) is 0 Å². The van der Waals surface area contributed by atoms with E-state index in [2.05, 4.69) is 19.5 Å². The van der Waals surface area contributed by atoms with Gasteiger partial charge in [-0.1, -0.05) is 16.9 Å². The Bertz CT molecular complexity index is 1690. The van der Waals surface area contributed by atoms with Crippen molar-refractivity contribution in [2.24, 2.45) is 18.1 Å². The summed E-state index contributed by atoms with van der Waals surface area (Å²) in [6.07, 6.45) is 3.45. The molecule has 20 heteroatoms. The van der Waals surface area contributed by atoms with Crippen molar-refractivity contribution < 1.29 is 43.2 Å². The van der Waals surface area contributed by atoms with Crippen LogP contribution in [-0.4, -0.2) is 70.1 Å². The monoisotopic (exact) mass is 683 g/mol. The van der Waals surface area contributed by atoms with E-state index in [0.29, 0.717) is 20.8 Å². The summed E-state index contributed by atoms with van der Waals surface area (Å²) in [5.74, 6) is -3.56. The van der Waals surface area contributed by atoms with Crippen LogP contribution in [0.15, 0.2) is 50.0 Å². The molecule has 1 fully saturated rings. The third-order valence-corrected chi connectivity index (χ3v) is 10.9. The van der Waals surface area contributed by atoms with Crippen LogP contribution in [-0.2, 0) is 30.8 Å². The van der Waals surface area contributed by atoms with Gasteiger partial charge in [0.1, 0.15) is 13.7 Å². The lowest BCUT2D eigenvalue weighted by Gasteiger charge is -2.50. The van der Waals surface area contributed by atoms with Crippen LogP contribution >= 0.6 is 54.1 Å². The Morgan fingerprint density at radius 2 is 2.07 bits per heavy atom. The first-order chi connectivity index (χ1) is 20.4. The Morgan fingerprint density at radius 3 is 2.74 bits per heavy atom. The second-order valence-corrected chi connectivity index (χ2v) is 14.4. The molecule has 0 aromatic carbocycles. The van der Waals surface area contributed by atoms with Gasteiger partial charge in [0.25, 0.3) is 0 Å². The van der Waals surface area contributed by atoms with E-state index in [1.54, 1.807) is 6.92 Å². The lowest BCUT2D eigenvalue weighted by Crippen LogP contribution is -2.63. The molecular formula is C23H22N7O8PS4. The van der Waals surface area contributed by atoms with Gasteiger partial charge in [-0.3, -0.25) is 19.6 Å². The van der Waals surface area contributed by atoms with Crippen LogP contribution in [0, 0.1) is 5.92 Å². The number of carboxylic acids is 1. The van der Waals surface area contributed by atoms with Gasteiger partial charge >= 0.3 is 7.75 Å². The number of hydrogen-bond acceptors (Lipinski definition) is 14. The second-order valence-electron chi connectivity index (χ2n) is 8.99. The fourth-order valence-electron chi connectivity index (χ4n) is 4.14. The minimum atomic E-state index is -4.66. The molecule has 2 aliphatic heterocycles. The highest BCUT2D eigenvalue weighted by Crippen LogP contribution is 2.49. The highest BCUT2D eigenvalue weighted by molar-refractivity contribution is 8.07. The molecule has 15 nitrogen and oxygen atoms in total. The molecule has 0 saturated carbocycles. The minimum Gasteiger partial charge on any atom is -0.543 e. The number of carbonyl (C=O) groups excluding carboxylic acids is 3. The number of Topliss-reactive ketones (excluding diaryl/α,β-unsaturated/α-hetero) is 1. The number of aliphatic carboxylic acids is 1. The van der Waals surface area contributed by atoms with Crippen molar-refractivity contribution in [2.75, 3.05) is 17.4 Å². The first-order valence-electron chi connectivity index (χ1n) is 12.3. The maximum absolute atomic E-state index is 13.2. The maximum Gasteiger partial charge on any atom is 0.429 e. The lowest BCUT2D eigenvalue weighted by molar-refractivity contribution is -0.671. The number of ketones is 1. The quantitative estimate of drug-likeness (QED) is 0.0799. The molecule has 5 heterocycles. The Labute approximate surface area is 260 Å². The Kier molecular flexibility index (Phi) is 9.31. The van der Waals surface area contributed by atoms with E-state index in [-0.39, 0.29) is 41.1 Å². The number of nitrogens with one attached hydrogen (secondary N) is 1. The largest absolute Gasteiger partial charge is 0.543 e. The van der Waals surface area contributed by atoms with Gasteiger partial charge < -0.3 is 24.5 Å². The maximum atomic E-state index is 13.2. The molecule has 0 unspecified atom stereocenters. The zero-order valence-corrected chi connectivity index (χ0v) is 26.4. The molecule has 0 radical (unpaired) electrons. The van der Waals surface area contributed by atoms with Gasteiger partial charge in [0, 0.05) is 51.7 Å². The summed E-state index contributed by atoms with van der Waals surface area (Å²) in [6, 6.07) is 3.84. The number of nitrogens with zero attached hydrogens (tertiary/aromatic N) is 6. The van der Waals surface area contributed by atoms with Crippen LogP contribution in [0.4, 0.5) is 5.13 Å². The van der Waals surface area contributed by atoms with E-state index in [9.17, 15) is 24.1 Å². The highest BCUT2D eigenvalue weighted by atomic mass is 32.2. The van der Waals surface area contributed by atoms with E-state index < -0.39 is 36.7 Å². The third kappa shape index (κ3) is 6.98. The summed E-state index contributed by atoms with van der Waals surface area (Å²) in [6.45, 7) is 1.73. The van der Waals surface area contributed by atoms with Gasteiger partial charge in [0.2, 0.25) is 16.9 Å². The number of carboxylic acid groups (broad SMARTS) is 1. The molecule has 5 rings (SSSR count). The Hall–Kier alpha value is -3.19. The molecule has 0 aliphatic carbocycles. The lowest BCUT2D eigenvalue weighted by atomic mass is 9.90. The summed E-state index contributed by atoms with van der Waals surface area (Å²) in [5, 5.41) is 18.8. The SMILES string of the molecule is CCO/N=C(\C(=O)C[C@@H]1C(=O)N2C(C(=O)[O-])=C(Sc3nc(-c4cc[n+](C)cc4)cs3)CS[C@H]12)c1nsc(NP(=O)(O)O)n1. The molecule has 2 aliphatic rings. The number of β-lactam (4-membered cyclic amide) rings is 1. The minimum absolute atomic E-state index is 0.105. The number of aryl methyl sites for hydroxylation is 1. The van der Waals surface area contributed by atoms with Crippen LogP contribution in [0.25, 0.3) is 11.3 Å². The van der Waals surface area contributed by atoms with Crippen molar-refractivity contribution in [3.05, 3.63) is 46.3 Å². The Balaban J connectivity index is 1.31. The van der Waals surface area contributed by atoms with Crippen molar-refractivity contribution >= 4 is 82.6 Å². The number of rotatable bonds is 12. The summed E-state index contributed by atoms with van der Waals surface area (Å²) in [5.41, 5.74) is 1.08. The van der Waals surface area contributed by atoms with Gasteiger partial charge in [0.15, 0.2) is 28.2 Å². The molecule has 1 saturated heterocycles. The second kappa shape index (κ2) is 12.8. The molecule has 3 aromatic heterocycles. The number of fused-ring (bicyclic) bond motifs is 1. The smallest absolute Gasteiger partial charge is 0.429 e. The first-order valence-corrected chi connectivity index (χ1v) is 17.5. The summed E-state index contributed by atoms with van der Waals surface area (Å²) >= 11 is 4.43. The molecule has 226 valence electrons. The fraction of sp³-hybridized carbons (Fsp3) is 0.304. The summed E-state index contributed by atoms with van der Waals surface area (Å²) in [4.78, 5) is 71.9. The summed E-state index contributed by atoms with van der Waals surface area (Å²) in [7, 11) is -2.76. The molecule has 2 atom stereocenters. The number of anilines is 1. The molecule has 0 spiro atoms. The first kappa shape index (κ1) is 31.2. The number of pyridine rings is 1. The topological polar surface area (TPSA) is 211 Å². The van der Waals surface area contributed by atoms with Crippen molar-refractivity contribution in [3.8, 4) is 11.3 Å². The number of aromatic nitrogens is 4. The number of thioether (sulfide) groups is 2. The highest BCUT2D eigenvalue weighted by Gasteiger charge is 2.53. The van der Waals surface area contributed by atoms with Crippen LogP contribution in [0.1, 0.15) is 19.2 Å². The van der Waals surface area contributed by atoms with E-state index in [0.717, 1.165) is 27.9 Å². The fourth-order valence-corrected chi connectivity index (χ4v) is 8.91. The van der Waals surface area contributed by atoms with Crippen LogP contribution in [0.5, 0.6) is 0 Å².